The first kappa shape index (κ1) is 18.0. The van der Waals surface area contributed by atoms with Crippen molar-refractivity contribution in [3.63, 3.8) is 0 Å². The molecule has 0 aromatic carbocycles. The van der Waals surface area contributed by atoms with E-state index >= 15 is 0 Å². The Bertz CT molecular complexity index is 420. The van der Waals surface area contributed by atoms with Gasteiger partial charge < -0.3 is 20.7 Å². The van der Waals surface area contributed by atoms with Crippen LogP contribution in [-0.2, 0) is 9.53 Å². The molecule has 0 radical (unpaired) electrons. The van der Waals surface area contributed by atoms with Crippen molar-refractivity contribution in [2.45, 2.75) is 57.2 Å². The van der Waals surface area contributed by atoms with Crippen LogP contribution in [0.1, 0.15) is 39.5 Å². The normalized spacial score (nSPS) is 25.6. The molecular formula is C16H30N4O3. The van der Waals surface area contributed by atoms with Crippen molar-refractivity contribution < 1.29 is 14.3 Å². The fraction of sp³-hybridized carbons (Fsp3) is 0.875. The monoisotopic (exact) mass is 326 g/mol. The van der Waals surface area contributed by atoms with Crippen LogP contribution in [0.2, 0.25) is 0 Å². The van der Waals surface area contributed by atoms with Crippen LogP contribution in [0.3, 0.4) is 0 Å². The summed E-state index contributed by atoms with van der Waals surface area (Å²) in [5.74, 6) is 0.0382. The lowest BCUT2D eigenvalue weighted by Gasteiger charge is -2.36. The Hall–Kier alpha value is -1.34. The van der Waals surface area contributed by atoms with Gasteiger partial charge in [-0.25, -0.2) is 4.79 Å². The quantitative estimate of drug-likeness (QED) is 0.701. The third kappa shape index (κ3) is 5.99. The van der Waals surface area contributed by atoms with Gasteiger partial charge in [-0.3, -0.25) is 9.69 Å². The molecule has 2 aliphatic heterocycles. The van der Waals surface area contributed by atoms with Gasteiger partial charge in [0.25, 0.3) is 0 Å². The number of piperidine rings is 1. The van der Waals surface area contributed by atoms with Crippen molar-refractivity contribution in [3.8, 4) is 0 Å². The standard InChI is InChI=1S/C16H30N4O3/c1-16(2)10-13(6-9-23-16)19-15(22)18-12-4-7-20(8-5-12)11-14(21)17-3/h12-13H,4-11H2,1-3H3,(H,17,21)(H2,18,19,22). The van der Waals surface area contributed by atoms with E-state index in [1.165, 1.54) is 0 Å². The molecule has 23 heavy (non-hydrogen) atoms. The predicted molar refractivity (Wildman–Crippen MR) is 88.2 cm³/mol. The first-order valence-corrected chi connectivity index (χ1v) is 8.52. The van der Waals surface area contributed by atoms with Crippen LogP contribution in [0.4, 0.5) is 4.79 Å². The highest BCUT2D eigenvalue weighted by atomic mass is 16.5. The number of likely N-dealkylation sites (N-methyl/N-ethyl adjacent to an activating group) is 1. The molecule has 2 heterocycles. The van der Waals surface area contributed by atoms with E-state index in [2.05, 4.69) is 34.7 Å². The molecule has 2 rings (SSSR count). The van der Waals surface area contributed by atoms with Gasteiger partial charge in [0.15, 0.2) is 0 Å². The van der Waals surface area contributed by atoms with E-state index in [0.29, 0.717) is 13.2 Å². The van der Waals surface area contributed by atoms with Crippen LogP contribution >= 0.6 is 0 Å². The number of hydrogen-bond acceptors (Lipinski definition) is 4. The summed E-state index contributed by atoms with van der Waals surface area (Å²) in [6.45, 7) is 6.91. The van der Waals surface area contributed by atoms with E-state index in [9.17, 15) is 9.59 Å². The lowest BCUT2D eigenvalue weighted by atomic mass is 9.94. The molecule has 1 atom stereocenters. The number of carbonyl (C=O) groups is 2. The van der Waals surface area contributed by atoms with Crippen molar-refractivity contribution >= 4 is 11.9 Å². The average molecular weight is 326 g/mol. The van der Waals surface area contributed by atoms with Gasteiger partial charge in [0.2, 0.25) is 5.91 Å². The van der Waals surface area contributed by atoms with Crippen LogP contribution in [0.5, 0.6) is 0 Å². The first-order chi connectivity index (χ1) is 10.9. The molecule has 7 heteroatoms. The number of hydrogen-bond donors (Lipinski definition) is 3. The van der Waals surface area contributed by atoms with Gasteiger partial charge in [0, 0.05) is 38.8 Å². The summed E-state index contributed by atoms with van der Waals surface area (Å²) in [6, 6.07) is 0.272. The summed E-state index contributed by atoms with van der Waals surface area (Å²) in [4.78, 5) is 25.6. The van der Waals surface area contributed by atoms with Gasteiger partial charge in [-0.05, 0) is 39.5 Å². The van der Waals surface area contributed by atoms with Gasteiger partial charge in [0.05, 0.1) is 12.1 Å². The zero-order chi connectivity index (χ0) is 16.9. The lowest BCUT2D eigenvalue weighted by molar-refractivity contribution is -0.122. The maximum Gasteiger partial charge on any atom is 0.315 e. The highest BCUT2D eigenvalue weighted by molar-refractivity contribution is 5.77. The van der Waals surface area contributed by atoms with Gasteiger partial charge >= 0.3 is 6.03 Å². The molecule has 1 unspecified atom stereocenters. The van der Waals surface area contributed by atoms with Crippen molar-refractivity contribution in [1.82, 2.24) is 20.9 Å². The Labute approximate surface area is 138 Å². The second-order valence-corrected chi connectivity index (χ2v) is 7.14. The number of ether oxygens (including phenoxy) is 1. The fourth-order valence-electron chi connectivity index (χ4n) is 3.29. The molecule has 0 aliphatic carbocycles. The summed E-state index contributed by atoms with van der Waals surface area (Å²) in [7, 11) is 1.65. The summed E-state index contributed by atoms with van der Waals surface area (Å²) < 4.78 is 5.67. The van der Waals surface area contributed by atoms with Crippen LogP contribution < -0.4 is 16.0 Å². The van der Waals surface area contributed by atoms with Crippen LogP contribution in [0.25, 0.3) is 0 Å². The number of rotatable bonds is 4. The number of likely N-dealkylation sites (tertiary alicyclic amines) is 1. The van der Waals surface area contributed by atoms with Crippen molar-refractivity contribution in [2.24, 2.45) is 0 Å². The largest absolute Gasteiger partial charge is 0.375 e. The highest BCUT2D eigenvalue weighted by Gasteiger charge is 2.30. The van der Waals surface area contributed by atoms with Gasteiger partial charge in [-0.1, -0.05) is 0 Å². The Balaban J connectivity index is 1.67. The molecule has 2 aliphatic rings. The zero-order valence-electron chi connectivity index (χ0n) is 14.5. The van der Waals surface area contributed by atoms with E-state index in [1.807, 2.05) is 0 Å². The number of urea groups is 1. The minimum absolute atomic E-state index is 0.0382. The molecule has 0 aromatic rings. The van der Waals surface area contributed by atoms with Crippen molar-refractivity contribution in [3.05, 3.63) is 0 Å². The van der Waals surface area contributed by atoms with Crippen molar-refractivity contribution in [1.29, 1.82) is 0 Å². The third-order valence-corrected chi connectivity index (χ3v) is 4.60. The number of nitrogens with zero attached hydrogens (tertiary/aromatic N) is 1. The summed E-state index contributed by atoms with van der Waals surface area (Å²) in [6.07, 6.45) is 3.46. The molecule has 0 bridgehead atoms. The van der Waals surface area contributed by atoms with Crippen LogP contribution in [-0.4, -0.2) is 67.8 Å². The molecule has 7 nitrogen and oxygen atoms in total. The lowest BCUT2D eigenvalue weighted by Crippen LogP contribution is -2.53. The first-order valence-electron chi connectivity index (χ1n) is 8.52. The smallest absolute Gasteiger partial charge is 0.315 e. The Morgan fingerprint density at radius 2 is 1.78 bits per heavy atom. The van der Waals surface area contributed by atoms with E-state index in [4.69, 9.17) is 4.74 Å². The summed E-state index contributed by atoms with van der Waals surface area (Å²) >= 11 is 0. The van der Waals surface area contributed by atoms with Gasteiger partial charge in [-0.15, -0.1) is 0 Å². The molecule has 3 N–H and O–H groups in total. The summed E-state index contributed by atoms with van der Waals surface area (Å²) in [5, 5.41) is 8.77. The molecule has 3 amide bonds. The molecular weight excluding hydrogens is 296 g/mol. The Morgan fingerprint density at radius 3 is 2.39 bits per heavy atom. The third-order valence-electron chi connectivity index (χ3n) is 4.60. The van der Waals surface area contributed by atoms with E-state index < -0.39 is 0 Å². The van der Waals surface area contributed by atoms with Crippen LogP contribution in [0, 0.1) is 0 Å². The summed E-state index contributed by atoms with van der Waals surface area (Å²) in [5.41, 5.74) is -0.165. The number of carbonyl (C=O) groups excluding carboxylic acids is 2. The molecule has 132 valence electrons. The number of nitrogens with one attached hydrogen (secondary N) is 3. The molecule has 0 spiro atoms. The van der Waals surface area contributed by atoms with Crippen LogP contribution in [0.15, 0.2) is 0 Å². The maximum atomic E-state index is 12.2. The maximum absolute atomic E-state index is 12.2. The zero-order valence-corrected chi connectivity index (χ0v) is 14.5. The second-order valence-electron chi connectivity index (χ2n) is 7.14. The van der Waals surface area contributed by atoms with E-state index in [1.54, 1.807) is 7.05 Å². The Kier molecular flexibility index (Phi) is 6.24. The minimum Gasteiger partial charge on any atom is -0.375 e. The van der Waals surface area contributed by atoms with E-state index in [-0.39, 0.29) is 29.6 Å². The second kappa shape index (κ2) is 7.97. The van der Waals surface area contributed by atoms with E-state index in [0.717, 1.165) is 38.8 Å². The topological polar surface area (TPSA) is 82.7 Å². The predicted octanol–water partition coefficient (Wildman–Crippen LogP) is 0.454. The fourth-order valence-corrected chi connectivity index (χ4v) is 3.29. The number of amides is 3. The molecule has 0 aromatic heterocycles. The van der Waals surface area contributed by atoms with Gasteiger partial charge in [0.1, 0.15) is 0 Å². The van der Waals surface area contributed by atoms with Gasteiger partial charge in [-0.2, -0.15) is 0 Å². The minimum atomic E-state index is -0.165. The van der Waals surface area contributed by atoms with Crippen molar-refractivity contribution in [2.75, 3.05) is 33.3 Å². The molecule has 0 saturated carbocycles. The molecule has 2 fully saturated rings. The highest BCUT2D eigenvalue weighted by Crippen LogP contribution is 2.23. The Morgan fingerprint density at radius 1 is 1.13 bits per heavy atom. The average Bonchev–Trinajstić information content (AvgIpc) is 2.48. The SMILES string of the molecule is CNC(=O)CN1CCC(NC(=O)NC2CCOC(C)(C)C2)CC1. The molecule has 2 saturated heterocycles.